The van der Waals surface area contributed by atoms with E-state index in [1.165, 1.54) is 0 Å². The molecule has 2 rings (SSSR count). The number of ether oxygens (including phenoxy) is 1. The number of rotatable bonds is 5. The summed E-state index contributed by atoms with van der Waals surface area (Å²) in [5, 5.41) is 12.3. The Labute approximate surface area is 126 Å². The summed E-state index contributed by atoms with van der Waals surface area (Å²) in [6, 6.07) is 5.95. The molecule has 0 bridgehead atoms. The predicted octanol–water partition coefficient (Wildman–Crippen LogP) is 1.82. The number of oxime groups is 1. The molecule has 1 aromatic rings. The summed E-state index contributed by atoms with van der Waals surface area (Å²) in [7, 11) is 2.16. The Morgan fingerprint density at radius 3 is 2.67 bits per heavy atom. The van der Waals surface area contributed by atoms with Crippen LogP contribution in [0.3, 0.4) is 0 Å². The van der Waals surface area contributed by atoms with E-state index in [4.69, 9.17) is 9.94 Å². The molecule has 5 heteroatoms. The maximum absolute atomic E-state index is 8.98. The number of nitrogens with zero attached hydrogens (tertiary/aromatic N) is 3. The van der Waals surface area contributed by atoms with Gasteiger partial charge in [0.05, 0.1) is 5.71 Å². The van der Waals surface area contributed by atoms with Crippen molar-refractivity contribution in [1.29, 1.82) is 0 Å². The minimum absolute atomic E-state index is 0.577. The van der Waals surface area contributed by atoms with Gasteiger partial charge in [-0.3, -0.25) is 4.90 Å². The Morgan fingerprint density at radius 2 is 2.00 bits per heavy atom. The van der Waals surface area contributed by atoms with Crippen molar-refractivity contribution in [3.8, 4) is 5.75 Å². The van der Waals surface area contributed by atoms with Gasteiger partial charge in [0.2, 0.25) is 0 Å². The van der Waals surface area contributed by atoms with Crippen LogP contribution < -0.4 is 4.74 Å². The van der Waals surface area contributed by atoms with E-state index in [1.54, 1.807) is 6.92 Å². The quantitative estimate of drug-likeness (QED) is 0.511. The lowest BCUT2D eigenvalue weighted by Gasteiger charge is -2.32. The van der Waals surface area contributed by atoms with Gasteiger partial charge in [0.25, 0.3) is 0 Å². The number of hydrogen-bond donors (Lipinski definition) is 1. The molecule has 1 heterocycles. The number of benzene rings is 1. The molecule has 116 valence electrons. The highest BCUT2D eigenvalue weighted by atomic mass is 16.5. The highest BCUT2D eigenvalue weighted by molar-refractivity contribution is 6.00. The van der Waals surface area contributed by atoms with Gasteiger partial charge in [0, 0.05) is 38.3 Å². The van der Waals surface area contributed by atoms with Gasteiger partial charge in [0.1, 0.15) is 12.4 Å². The summed E-state index contributed by atoms with van der Waals surface area (Å²) < 4.78 is 5.90. The lowest BCUT2D eigenvalue weighted by atomic mass is 10.1. The minimum Gasteiger partial charge on any atom is -0.492 e. The molecule has 0 spiro atoms. The van der Waals surface area contributed by atoms with Crippen LogP contribution in [-0.4, -0.2) is 67.1 Å². The minimum atomic E-state index is 0.577. The van der Waals surface area contributed by atoms with Crippen molar-refractivity contribution in [2.75, 3.05) is 46.4 Å². The summed E-state index contributed by atoms with van der Waals surface area (Å²) >= 11 is 0. The molecule has 0 saturated carbocycles. The normalized spacial score (nSPS) is 18.0. The third-order valence-electron chi connectivity index (χ3n) is 3.94. The summed E-state index contributed by atoms with van der Waals surface area (Å²) in [5.74, 6) is 0.782. The monoisotopic (exact) mass is 291 g/mol. The van der Waals surface area contributed by atoms with Crippen molar-refractivity contribution >= 4 is 5.71 Å². The van der Waals surface area contributed by atoms with E-state index in [-0.39, 0.29) is 0 Å². The Balaban J connectivity index is 1.91. The average Bonchev–Trinajstić information content (AvgIpc) is 2.50. The molecule has 21 heavy (non-hydrogen) atoms. The van der Waals surface area contributed by atoms with Crippen molar-refractivity contribution < 1.29 is 9.94 Å². The largest absolute Gasteiger partial charge is 0.492 e. The smallest absolute Gasteiger partial charge is 0.128 e. The molecule has 5 nitrogen and oxygen atoms in total. The lowest BCUT2D eigenvalue weighted by molar-refractivity contribution is 0.133. The summed E-state index contributed by atoms with van der Waals surface area (Å²) in [6.07, 6.45) is 0. The second kappa shape index (κ2) is 7.43. The number of hydrogen-bond acceptors (Lipinski definition) is 5. The fraction of sp³-hybridized carbons (Fsp3) is 0.562. The van der Waals surface area contributed by atoms with Crippen LogP contribution >= 0.6 is 0 Å². The van der Waals surface area contributed by atoms with Crippen LogP contribution in [0, 0.1) is 6.92 Å². The number of aryl methyl sites for hydroxylation is 1. The lowest BCUT2D eigenvalue weighted by Crippen LogP contribution is -2.45. The first kappa shape index (κ1) is 15.8. The summed E-state index contributed by atoms with van der Waals surface area (Å²) in [5.41, 5.74) is 2.56. The maximum atomic E-state index is 8.98. The topological polar surface area (TPSA) is 48.3 Å². The van der Waals surface area contributed by atoms with Gasteiger partial charge >= 0.3 is 0 Å². The molecule has 1 aliphatic rings. The maximum Gasteiger partial charge on any atom is 0.128 e. The van der Waals surface area contributed by atoms with Crippen molar-refractivity contribution in [1.82, 2.24) is 9.80 Å². The molecule has 1 aliphatic heterocycles. The summed E-state index contributed by atoms with van der Waals surface area (Å²) in [4.78, 5) is 4.76. The van der Waals surface area contributed by atoms with Crippen LogP contribution in [0.2, 0.25) is 0 Å². The third-order valence-corrected chi connectivity index (χ3v) is 3.94. The molecule has 1 aromatic carbocycles. The molecule has 0 amide bonds. The fourth-order valence-corrected chi connectivity index (χ4v) is 2.46. The first-order chi connectivity index (χ1) is 10.1. The molecule has 0 aliphatic carbocycles. The Bertz CT molecular complexity index is 494. The van der Waals surface area contributed by atoms with Gasteiger partial charge < -0.3 is 14.8 Å². The Kier molecular flexibility index (Phi) is 5.59. The van der Waals surface area contributed by atoms with E-state index in [9.17, 15) is 0 Å². The van der Waals surface area contributed by atoms with E-state index in [1.807, 2.05) is 25.1 Å². The van der Waals surface area contributed by atoms with Gasteiger partial charge in [0.15, 0.2) is 0 Å². The van der Waals surface area contributed by atoms with E-state index >= 15 is 0 Å². The second-order valence-corrected chi connectivity index (χ2v) is 5.68. The SMILES string of the molecule is C/C(=N\O)c1cc(C)ccc1OCCN1CCN(C)CC1. The zero-order chi connectivity index (χ0) is 15.2. The van der Waals surface area contributed by atoms with Crippen molar-refractivity contribution in [2.24, 2.45) is 5.16 Å². The molecule has 1 N–H and O–H groups in total. The van der Waals surface area contributed by atoms with Gasteiger partial charge in [-0.2, -0.15) is 0 Å². The van der Waals surface area contributed by atoms with Crippen LogP contribution in [0.5, 0.6) is 5.75 Å². The van der Waals surface area contributed by atoms with E-state index in [2.05, 4.69) is 22.0 Å². The van der Waals surface area contributed by atoms with Crippen molar-refractivity contribution in [2.45, 2.75) is 13.8 Å². The fourth-order valence-electron chi connectivity index (χ4n) is 2.46. The third kappa shape index (κ3) is 4.44. The van der Waals surface area contributed by atoms with Crippen LogP contribution in [0.25, 0.3) is 0 Å². The van der Waals surface area contributed by atoms with Crippen molar-refractivity contribution in [3.05, 3.63) is 29.3 Å². The molecular formula is C16H25N3O2. The van der Waals surface area contributed by atoms with E-state index in [0.29, 0.717) is 12.3 Å². The molecule has 0 radical (unpaired) electrons. The molecular weight excluding hydrogens is 266 g/mol. The van der Waals surface area contributed by atoms with Crippen LogP contribution in [0.4, 0.5) is 0 Å². The number of piperazine rings is 1. The second-order valence-electron chi connectivity index (χ2n) is 5.68. The first-order valence-corrected chi connectivity index (χ1v) is 7.43. The van der Waals surface area contributed by atoms with Crippen LogP contribution in [0.15, 0.2) is 23.4 Å². The Morgan fingerprint density at radius 1 is 1.29 bits per heavy atom. The number of likely N-dealkylation sites (N-methyl/N-ethyl adjacent to an activating group) is 1. The van der Waals surface area contributed by atoms with Crippen LogP contribution in [0.1, 0.15) is 18.1 Å². The van der Waals surface area contributed by atoms with Gasteiger partial charge in [-0.1, -0.05) is 16.8 Å². The van der Waals surface area contributed by atoms with Crippen molar-refractivity contribution in [3.63, 3.8) is 0 Å². The zero-order valence-electron chi connectivity index (χ0n) is 13.2. The predicted molar refractivity (Wildman–Crippen MR) is 84.6 cm³/mol. The average molecular weight is 291 g/mol. The zero-order valence-corrected chi connectivity index (χ0v) is 13.2. The van der Waals surface area contributed by atoms with Gasteiger partial charge in [-0.05, 0) is 33.0 Å². The summed E-state index contributed by atoms with van der Waals surface area (Å²) in [6.45, 7) is 9.80. The molecule has 0 aromatic heterocycles. The molecule has 1 fully saturated rings. The van der Waals surface area contributed by atoms with E-state index < -0.39 is 0 Å². The molecule has 0 atom stereocenters. The Hall–Kier alpha value is -1.59. The van der Waals surface area contributed by atoms with Crippen LogP contribution in [-0.2, 0) is 0 Å². The highest BCUT2D eigenvalue weighted by Crippen LogP contribution is 2.21. The van der Waals surface area contributed by atoms with Gasteiger partial charge in [-0.25, -0.2) is 0 Å². The standard InChI is InChI=1S/C16H25N3O2/c1-13-4-5-16(15(12-13)14(2)17-20)21-11-10-19-8-6-18(3)7-9-19/h4-5,12,20H,6-11H2,1-3H3/b17-14+. The highest BCUT2D eigenvalue weighted by Gasteiger charge is 2.14. The van der Waals surface area contributed by atoms with E-state index in [0.717, 1.165) is 49.6 Å². The molecule has 1 saturated heterocycles. The first-order valence-electron chi connectivity index (χ1n) is 7.43. The van der Waals surface area contributed by atoms with Gasteiger partial charge in [-0.15, -0.1) is 0 Å². The molecule has 0 unspecified atom stereocenters.